The van der Waals surface area contributed by atoms with E-state index < -0.39 is 0 Å². The first kappa shape index (κ1) is 11.8. The van der Waals surface area contributed by atoms with Crippen LogP contribution in [0.3, 0.4) is 0 Å². The van der Waals surface area contributed by atoms with E-state index in [1.807, 2.05) is 6.92 Å². The van der Waals surface area contributed by atoms with Crippen LogP contribution in [0.15, 0.2) is 4.79 Å². The summed E-state index contributed by atoms with van der Waals surface area (Å²) in [4.78, 5) is 14.4. The van der Waals surface area contributed by atoms with Gasteiger partial charge in [0.15, 0.2) is 0 Å². The van der Waals surface area contributed by atoms with Crippen molar-refractivity contribution in [1.29, 1.82) is 0 Å². The lowest BCUT2D eigenvalue weighted by Crippen LogP contribution is -2.17. The van der Waals surface area contributed by atoms with Crippen molar-refractivity contribution in [2.45, 2.75) is 40.5 Å². The first-order valence-corrected chi connectivity index (χ1v) is 5.40. The fourth-order valence-electron chi connectivity index (χ4n) is 1.79. The van der Waals surface area contributed by atoms with Crippen LogP contribution in [0.4, 0.5) is 0 Å². The minimum absolute atomic E-state index is 0.0662. The largest absolute Gasteiger partial charge is 0.506 e. The number of aromatic amines is 1. The summed E-state index contributed by atoms with van der Waals surface area (Å²) in [5.41, 5.74) is 1.99. The Labute approximate surface area is 90.2 Å². The molecule has 0 unspecified atom stereocenters. The van der Waals surface area contributed by atoms with Gasteiger partial charge in [-0.2, -0.15) is 0 Å². The number of nitrogens with one attached hydrogen (secondary N) is 1. The summed E-state index contributed by atoms with van der Waals surface area (Å²) >= 11 is 0. The molecule has 0 fully saturated rings. The van der Waals surface area contributed by atoms with E-state index in [1.54, 1.807) is 6.92 Å². The molecule has 3 heteroatoms. The lowest BCUT2D eigenvalue weighted by Gasteiger charge is -2.11. The lowest BCUT2D eigenvalue weighted by atomic mass is 10.0. The molecule has 1 aromatic heterocycles. The minimum Gasteiger partial charge on any atom is -0.506 e. The summed E-state index contributed by atoms with van der Waals surface area (Å²) in [6.45, 7) is 7.83. The number of rotatable bonds is 3. The van der Waals surface area contributed by atoms with Crippen molar-refractivity contribution in [3.8, 4) is 5.75 Å². The highest BCUT2D eigenvalue weighted by Crippen LogP contribution is 2.23. The van der Waals surface area contributed by atoms with Gasteiger partial charge in [-0.05, 0) is 25.7 Å². The maximum absolute atomic E-state index is 11.7. The van der Waals surface area contributed by atoms with Gasteiger partial charge in [-0.1, -0.05) is 20.8 Å². The topological polar surface area (TPSA) is 53.1 Å². The van der Waals surface area contributed by atoms with Gasteiger partial charge in [-0.3, -0.25) is 4.79 Å². The first-order valence-electron chi connectivity index (χ1n) is 5.40. The summed E-state index contributed by atoms with van der Waals surface area (Å²) in [6.07, 6.45) is 1.35. The zero-order valence-corrected chi connectivity index (χ0v) is 9.85. The van der Waals surface area contributed by atoms with Gasteiger partial charge in [0.05, 0.1) is 5.69 Å². The van der Waals surface area contributed by atoms with Crippen LogP contribution in [0, 0.1) is 12.8 Å². The molecule has 0 atom stereocenters. The Kier molecular flexibility index (Phi) is 3.56. The van der Waals surface area contributed by atoms with Crippen molar-refractivity contribution in [3.63, 3.8) is 0 Å². The molecular weight excluding hydrogens is 190 g/mol. The van der Waals surface area contributed by atoms with Crippen LogP contribution in [0.25, 0.3) is 0 Å². The Hall–Kier alpha value is -1.25. The van der Waals surface area contributed by atoms with Crippen LogP contribution in [-0.2, 0) is 12.8 Å². The number of hydrogen-bond donors (Lipinski definition) is 2. The van der Waals surface area contributed by atoms with Gasteiger partial charge < -0.3 is 10.1 Å². The van der Waals surface area contributed by atoms with Crippen LogP contribution in [-0.4, -0.2) is 10.1 Å². The molecule has 84 valence electrons. The molecule has 0 saturated heterocycles. The maximum atomic E-state index is 11.7. The molecule has 0 aliphatic carbocycles. The van der Waals surface area contributed by atoms with E-state index in [2.05, 4.69) is 18.8 Å². The van der Waals surface area contributed by atoms with Crippen molar-refractivity contribution in [3.05, 3.63) is 27.2 Å². The molecule has 2 N–H and O–H groups in total. The van der Waals surface area contributed by atoms with Crippen molar-refractivity contribution in [1.82, 2.24) is 4.98 Å². The van der Waals surface area contributed by atoms with E-state index in [9.17, 15) is 9.90 Å². The zero-order chi connectivity index (χ0) is 11.6. The second-order valence-electron chi connectivity index (χ2n) is 4.34. The Morgan fingerprint density at radius 2 is 2.00 bits per heavy atom. The van der Waals surface area contributed by atoms with Crippen molar-refractivity contribution >= 4 is 0 Å². The summed E-state index contributed by atoms with van der Waals surface area (Å²) in [7, 11) is 0. The predicted octanol–water partition coefficient (Wildman–Crippen LogP) is 2.15. The van der Waals surface area contributed by atoms with E-state index in [-0.39, 0.29) is 11.3 Å². The molecule has 0 bridgehead atoms. The number of aromatic hydroxyl groups is 1. The smallest absolute Gasteiger partial charge is 0.251 e. The van der Waals surface area contributed by atoms with Crippen molar-refractivity contribution < 1.29 is 5.11 Å². The summed E-state index contributed by atoms with van der Waals surface area (Å²) in [5, 5.41) is 9.91. The van der Waals surface area contributed by atoms with E-state index in [0.29, 0.717) is 30.0 Å². The maximum Gasteiger partial charge on any atom is 0.251 e. The second kappa shape index (κ2) is 4.51. The van der Waals surface area contributed by atoms with Gasteiger partial charge in [0.1, 0.15) is 5.75 Å². The molecule has 0 aliphatic heterocycles. The molecule has 0 spiro atoms. The Morgan fingerprint density at radius 1 is 1.40 bits per heavy atom. The molecule has 3 nitrogen and oxygen atoms in total. The van der Waals surface area contributed by atoms with Crippen LogP contribution in [0.5, 0.6) is 5.75 Å². The third kappa shape index (κ3) is 2.41. The van der Waals surface area contributed by atoms with Crippen LogP contribution in [0.2, 0.25) is 0 Å². The van der Waals surface area contributed by atoms with Crippen LogP contribution < -0.4 is 5.56 Å². The van der Waals surface area contributed by atoms with Crippen LogP contribution in [0.1, 0.15) is 37.6 Å². The number of H-pyrrole nitrogens is 1. The molecule has 0 aliphatic rings. The lowest BCUT2D eigenvalue weighted by molar-refractivity contribution is 0.451. The van der Waals surface area contributed by atoms with E-state index in [1.165, 1.54) is 0 Å². The Morgan fingerprint density at radius 3 is 2.47 bits per heavy atom. The summed E-state index contributed by atoms with van der Waals surface area (Å²) < 4.78 is 0. The highest BCUT2D eigenvalue weighted by molar-refractivity contribution is 5.40. The normalized spacial score (nSPS) is 11.0. The van der Waals surface area contributed by atoms with Gasteiger partial charge in [0, 0.05) is 11.1 Å². The molecule has 1 rings (SSSR count). The second-order valence-corrected chi connectivity index (χ2v) is 4.34. The predicted molar refractivity (Wildman–Crippen MR) is 61.4 cm³/mol. The monoisotopic (exact) mass is 209 g/mol. The van der Waals surface area contributed by atoms with E-state index in [0.717, 1.165) is 5.56 Å². The number of hydrogen-bond acceptors (Lipinski definition) is 2. The van der Waals surface area contributed by atoms with Gasteiger partial charge in [0.25, 0.3) is 5.56 Å². The minimum atomic E-state index is -0.0662. The van der Waals surface area contributed by atoms with Crippen molar-refractivity contribution in [2.75, 3.05) is 0 Å². The third-order valence-electron chi connectivity index (χ3n) is 2.60. The molecule has 1 aromatic rings. The van der Waals surface area contributed by atoms with Crippen molar-refractivity contribution in [2.24, 2.45) is 5.92 Å². The highest BCUT2D eigenvalue weighted by atomic mass is 16.3. The zero-order valence-electron chi connectivity index (χ0n) is 9.85. The molecule has 0 radical (unpaired) electrons. The number of pyridine rings is 1. The molecule has 0 saturated carbocycles. The average molecular weight is 209 g/mol. The number of aromatic nitrogens is 1. The van der Waals surface area contributed by atoms with Gasteiger partial charge in [-0.25, -0.2) is 0 Å². The molecule has 0 amide bonds. The van der Waals surface area contributed by atoms with E-state index in [4.69, 9.17) is 0 Å². The summed E-state index contributed by atoms with van der Waals surface area (Å²) in [6, 6.07) is 0. The standard InChI is InChI=1S/C12H19NO2/c1-5-9-8(4)11(14)10(6-7(2)3)13-12(9)15/h7,14H,5-6H2,1-4H3,(H,13,15). The fraction of sp³-hybridized carbons (Fsp3) is 0.583. The Balaban J connectivity index is 3.28. The quantitative estimate of drug-likeness (QED) is 0.801. The highest BCUT2D eigenvalue weighted by Gasteiger charge is 2.12. The molecule has 0 aromatic carbocycles. The summed E-state index contributed by atoms with van der Waals surface area (Å²) in [5.74, 6) is 0.665. The van der Waals surface area contributed by atoms with Crippen LogP contribution >= 0.6 is 0 Å². The molecule has 15 heavy (non-hydrogen) atoms. The van der Waals surface area contributed by atoms with Gasteiger partial charge in [0.2, 0.25) is 0 Å². The molecular formula is C12H19NO2. The van der Waals surface area contributed by atoms with Gasteiger partial charge in [-0.15, -0.1) is 0 Å². The SMILES string of the molecule is CCc1c(C)c(O)c(CC(C)C)[nH]c1=O. The van der Waals surface area contributed by atoms with E-state index >= 15 is 0 Å². The van der Waals surface area contributed by atoms with Gasteiger partial charge >= 0.3 is 0 Å². The third-order valence-corrected chi connectivity index (χ3v) is 2.60. The first-order chi connectivity index (χ1) is 6.97. The average Bonchev–Trinajstić information content (AvgIpc) is 2.14. The fourth-order valence-corrected chi connectivity index (χ4v) is 1.79. The Bertz CT molecular complexity index is 405. The molecule has 1 heterocycles.